The van der Waals surface area contributed by atoms with Gasteiger partial charge in [-0.1, -0.05) is 42.8 Å². The van der Waals surface area contributed by atoms with E-state index < -0.39 is 5.66 Å². The predicted molar refractivity (Wildman–Crippen MR) is 132 cm³/mol. The predicted octanol–water partition coefficient (Wildman–Crippen LogP) is 6.14. The number of thioether (sulfide) groups is 1. The minimum atomic E-state index is -0.551. The summed E-state index contributed by atoms with van der Waals surface area (Å²) in [6, 6.07) is 13.4. The van der Waals surface area contributed by atoms with E-state index in [0.717, 1.165) is 40.5 Å². The van der Waals surface area contributed by atoms with Gasteiger partial charge in [-0.2, -0.15) is 0 Å². The van der Waals surface area contributed by atoms with E-state index in [9.17, 15) is 4.79 Å². The number of aliphatic imine (C=N–C) groups is 2. The number of nitrogens with one attached hydrogen (secondary N) is 1. The van der Waals surface area contributed by atoms with Gasteiger partial charge in [0.05, 0.1) is 28.8 Å². The molecule has 0 radical (unpaired) electrons. The van der Waals surface area contributed by atoms with Crippen molar-refractivity contribution in [1.82, 2.24) is 0 Å². The fourth-order valence-corrected chi connectivity index (χ4v) is 4.23. The van der Waals surface area contributed by atoms with Gasteiger partial charge in [-0.3, -0.25) is 9.79 Å². The molecule has 0 aliphatic carbocycles. The van der Waals surface area contributed by atoms with Gasteiger partial charge < -0.3 is 10.1 Å². The van der Waals surface area contributed by atoms with Crippen LogP contribution in [0, 0.1) is 6.92 Å². The molecule has 0 bridgehead atoms. The summed E-state index contributed by atoms with van der Waals surface area (Å²) in [6.07, 6.45) is 2.14. The van der Waals surface area contributed by atoms with Crippen LogP contribution in [0.5, 0.6) is 5.75 Å². The van der Waals surface area contributed by atoms with Crippen LogP contribution in [0.3, 0.4) is 0 Å². The van der Waals surface area contributed by atoms with E-state index in [4.69, 9.17) is 26.3 Å². The molecule has 0 unspecified atom stereocenters. The van der Waals surface area contributed by atoms with E-state index in [2.05, 4.69) is 12.2 Å². The zero-order valence-corrected chi connectivity index (χ0v) is 19.9. The molecule has 2 aromatic rings. The monoisotopic (exact) mass is 457 g/mol. The number of aryl methyl sites for hydroxylation is 1. The van der Waals surface area contributed by atoms with Crippen molar-refractivity contribution in [3.8, 4) is 5.75 Å². The van der Waals surface area contributed by atoms with Crippen LogP contribution in [0.1, 0.15) is 44.7 Å². The Hall–Kier alpha value is -2.31. The van der Waals surface area contributed by atoms with E-state index in [1.807, 2.05) is 63.2 Å². The molecule has 164 valence electrons. The van der Waals surface area contributed by atoms with Crippen molar-refractivity contribution in [2.24, 2.45) is 9.98 Å². The van der Waals surface area contributed by atoms with Gasteiger partial charge in [-0.05, 0) is 69.2 Å². The molecule has 7 heteroatoms. The Balaban J connectivity index is 1.64. The largest absolute Gasteiger partial charge is 0.494 e. The summed E-state index contributed by atoms with van der Waals surface area (Å²) in [5.41, 5.74) is 2.87. The van der Waals surface area contributed by atoms with Gasteiger partial charge in [0.25, 0.3) is 0 Å². The van der Waals surface area contributed by atoms with Crippen LogP contribution in [0.25, 0.3) is 0 Å². The van der Waals surface area contributed by atoms with Crippen molar-refractivity contribution in [3.63, 3.8) is 0 Å². The Morgan fingerprint density at radius 2 is 1.90 bits per heavy atom. The van der Waals surface area contributed by atoms with E-state index >= 15 is 0 Å². The molecule has 0 aromatic heterocycles. The Kier molecular flexibility index (Phi) is 7.79. The minimum Gasteiger partial charge on any atom is -0.494 e. The molecule has 1 aliphatic heterocycles. The summed E-state index contributed by atoms with van der Waals surface area (Å²) in [7, 11) is 0. The SMILES string of the molecule is CCCCOc1ccc(C2=NC(C)(C)N=C2SCC(=O)Nc2ccc(C)cc2Cl)cc1. The van der Waals surface area contributed by atoms with Crippen molar-refractivity contribution in [1.29, 1.82) is 0 Å². The Labute approximate surface area is 193 Å². The van der Waals surface area contributed by atoms with Crippen LogP contribution in [-0.4, -0.2) is 34.7 Å². The Morgan fingerprint density at radius 1 is 1.16 bits per heavy atom. The quantitative estimate of drug-likeness (QED) is 0.484. The van der Waals surface area contributed by atoms with Crippen LogP contribution < -0.4 is 10.1 Å². The molecule has 1 heterocycles. The molecule has 31 heavy (non-hydrogen) atoms. The first-order chi connectivity index (χ1) is 14.8. The fourth-order valence-electron chi connectivity index (χ4n) is 3.02. The molecule has 3 rings (SSSR count). The van der Waals surface area contributed by atoms with Crippen LogP contribution in [0.15, 0.2) is 52.4 Å². The van der Waals surface area contributed by atoms with Crippen LogP contribution in [0.4, 0.5) is 5.69 Å². The number of hydrogen-bond acceptors (Lipinski definition) is 5. The lowest BCUT2D eigenvalue weighted by molar-refractivity contribution is -0.113. The number of amides is 1. The second kappa shape index (κ2) is 10.3. The number of ether oxygens (including phenoxy) is 1. The molecule has 1 amide bonds. The number of halogens is 1. The summed E-state index contributed by atoms with van der Waals surface area (Å²) in [5.74, 6) is 0.925. The molecule has 2 aromatic carbocycles. The van der Waals surface area contributed by atoms with E-state index in [-0.39, 0.29) is 11.7 Å². The molecule has 1 aliphatic rings. The van der Waals surface area contributed by atoms with E-state index in [1.54, 1.807) is 0 Å². The molecule has 1 N–H and O–H groups in total. The Bertz CT molecular complexity index is 1000. The van der Waals surface area contributed by atoms with Gasteiger partial charge in [0, 0.05) is 5.56 Å². The van der Waals surface area contributed by atoms with Gasteiger partial charge >= 0.3 is 0 Å². The third-order valence-electron chi connectivity index (χ3n) is 4.60. The first-order valence-electron chi connectivity index (χ1n) is 10.4. The molecule has 5 nitrogen and oxygen atoms in total. The number of rotatable bonds is 8. The number of benzene rings is 2. The summed E-state index contributed by atoms with van der Waals surface area (Å²) < 4.78 is 5.75. The molecular weight excluding hydrogens is 430 g/mol. The fraction of sp³-hybridized carbons (Fsp3) is 0.375. The van der Waals surface area contributed by atoms with Crippen molar-refractivity contribution in [2.75, 3.05) is 17.7 Å². The highest BCUT2D eigenvalue weighted by molar-refractivity contribution is 8.16. The molecule has 0 saturated carbocycles. The van der Waals surface area contributed by atoms with Gasteiger partial charge in [0.1, 0.15) is 16.5 Å². The number of unbranched alkanes of at least 4 members (excludes halogenated alkanes) is 1. The van der Waals surface area contributed by atoms with Gasteiger partial charge in [-0.25, -0.2) is 4.99 Å². The van der Waals surface area contributed by atoms with E-state index in [1.165, 1.54) is 11.8 Å². The maximum Gasteiger partial charge on any atom is 0.234 e. The van der Waals surface area contributed by atoms with Gasteiger partial charge in [-0.15, -0.1) is 0 Å². The lowest BCUT2D eigenvalue weighted by atomic mass is 10.1. The molecule has 0 spiro atoms. The number of nitrogens with zero attached hydrogens (tertiary/aromatic N) is 2. The normalized spacial score (nSPS) is 14.7. The summed E-state index contributed by atoms with van der Waals surface area (Å²) in [4.78, 5) is 21.9. The van der Waals surface area contributed by atoms with Crippen molar-refractivity contribution in [2.45, 2.75) is 46.2 Å². The minimum absolute atomic E-state index is 0.137. The standard InChI is InChI=1S/C24H28ClN3O2S/c1-5-6-13-30-18-10-8-17(9-11-18)22-23(28-24(3,4)27-22)31-15-21(29)26-20-12-7-16(2)14-19(20)25/h7-12,14H,5-6,13,15H2,1-4H3,(H,26,29). The lowest BCUT2D eigenvalue weighted by Crippen LogP contribution is -2.18. The summed E-state index contributed by atoms with van der Waals surface area (Å²) in [6.45, 7) is 8.72. The number of carbonyl (C=O) groups excluding carboxylic acids is 1. The highest BCUT2D eigenvalue weighted by Crippen LogP contribution is 2.28. The van der Waals surface area contributed by atoms with Crippen LogP contribution >= 0.6 is 23.4 Å². The maximum atomic E-state index is 12.5. The third-order valence-corrected chi connectivity index (χ3v) is 5.87. The zero-order valence-electron chi connectivity index (χ0n) is 18.4. The number of hydrogen-bond donors (Lipinski definition) is 1. The first kappa shape index (κ1) is 23.4. The maximum absolute atomic E-state index is 12.5. The summed E-state index contributed by atoms with van der Waals surface area (Å²) in [5, 5.41) is 4.15. The zero-order chi connectivity index (χ0) is 22.4. The average molecular weight is 458 g/mol. The third kappa shape index (κ3) is 6.58. The molecule has 0 atom stereocenters. The second-order valence-corrected chi connectivity index (χ2v) is 9.29. The second-order valence-electron chi connectivity index (χ2n) is 7.92. The molecule has 0 fully saturated rings. The highest BCUT2D eigenvalue weighted by Gasteiger charge is 2.28. The topological polar surface area (TPSA) is 63.1 Å². The van der Waals surface area contributed by atoms with Gasteiger partial charge in [0.2, 0.25) is 5.91 Å². The smallest absolute Gasteiger partial charge is 0.234 e. The average Bonchev–Trinajstić information content (AvgIpc) is 3.04. The number of anilines is 1. The molecule has 0 saturated heterocycles. The van der Waals surface area contributed by atoms with Crippen molar-refractivity contribution >= 4 is 45.7 Å². The van der Waals surface area contributed by atoms with Crippen LogP contribution in [0.2, 0.25) is 5.02 Å². The highest BCUT2D eigenvalue weighted by atomic mass is 35.5. The van der Waals surface area contributed by atoms with Crippen molar-refractivity contribution in [3.05, 3.63) is 58.6 Å². The first-order valence-corrected chi connectivity index (χ1v) is 11.8. The van der Waals surface area contributed by atoms with E-state index in [0.29, 0.717) is 17.3 Å². The lowest BCUT2D eigenvalue weighted by Gasteiger charge is -2.09. The van der Waals surface area contributed by atoms with Gasteiger partial charge in [0.15, 0.2) is 0 Å². The Morgan fingerprint density at radius 3 is 2.58 bits per heavy atom. The number of carbonyl (C=O) groups is 1. The van der Waals surface area contributed by atoms with Crippen molar-refractivity contribution < 1.29 is 9.53 Å². The van der Waals surface area contributed by atoms with Crippen LogP contribution in [-0.2, 0) is 4.79 Å². The molecular formula is C24H28ClN3O2S. The summed E-state index contributed by atoms with van der Waals surface area (Å²) >= 11 is 7.60.